The zero-order chi connectivity index (χ0) is 25.9. The fraction of sp³-hybridized carbons (Fsp3) is 0.207. The number of carbonyl (C=O) groups is 1. The molecule has 1 atom stereocenters. The van der Waals surface area contributed by atoms with E-state index in [-0.39, 0.29) is 10.8 Å². The topological polar surface area (TPSA) is 75.7 Å². The van der Waals surface area contributed by atoms with Gasteiger partial charge in [0.15, 0.2) is 9.84 Å². The van der Waals surface area contributed by atoms with Crippen LogP contribution >= 0.6 is 0 Å². The highest BCUT2D eigenvalue weighted by Gasteiger charge is 2.23. The summed E-state index contributed by atoms with van der Waals surface area (Å²) in [5, 5.41) is 4.93. The molecule has 0 aliphatic heterocycles. The molecule has 0 aliphatic rings. The van der Waals surface area contributed by atoms with Crippen molar-refractivity contribution < 1.29 is 17.9 Å². The molecule has 0 aliphatic carbocycles. The van der Waals surface area contributed by atoms with Crippen LogP contribution in [0.5, 0.6) is 5.75 Å². The first-order valence-corrected chi connectivity index (χ1v) is 13.6. The summed E-state index contributed by atoms with van der Waals surface area (Å²) in [6.07, 6.45) is 1.18. The average Bonchev–Trinajstić information content (AvgIpc) is 2.87. The highest BCUT2D eigenvalue weighted by atomic mass is 32.2. The molecule has 0 heterocycles. The Labute approximate surface area is 212 Å². The van der Waals surface area contributed by atoms with Crippen molar-refractivity contribution in [2.24, 2.45) is 0 Å². The summed E-state index contributed by atoms with van der Waals surface area (Å²) in [6, 6.07) is 25.5. The van der Waals surface area contributed by atoms with Gasteiger partial charge < -0.3 is 15.0 Å². The van der Waals surface area contributed by atoms with Gasteiger partial charge in [-0.05, 0) is 59.2 Å². The Morgan fingerprint density at radius 3 is 2.31 bits per heavy atom. The molecule has 0 fully saturated rings. The zero-order valence-electron chi connectivity index (χ0n) is 20.9. The lowest BCUT2D eigenvalue weighted by Gasteiger charge is -2.23. The van der Waals surface area contributed by atoms with Crippen LogP contribution in [0.15, 0.2) is 89.8 Å². The number of carbonyl (C=O) groups excluding carboxylic acids is 1. The maximum absolute atomic E-state index is 13.9. The summed E-state index contributed by atoms with van der Waals surface area (Å²) in [5.74, 6) is 0.240. The Balaban J connectivity index is 1.82. The van der Waals surface area contributed by atoms with Gasteiger partial charge >= 0.3 is 0 Å². The maximum Gasteiger partial charge on any atom is 0.256 e. The highest BCUT2D eigenvalue weighted by molar-refractivity contribution is 7.90. The van der Waals surface area contributed by atoms with E-state index in [4.69, 9.17) is 4.74 Å². The van der Waals surface area contributed by atoms with Crippen LogP contribution < -0.4 is 15.0 Å². The standard InChI is InChI=1S/C29H30N2O4S/c1-5-35-26-18-15-20-9-6-7-12-25(20)27(26)29(32)30-28(22-10-8-11-23(19-22)31(2)3)21-13-16-24(17-14-21)36(4,33)34/h6-19,28H,5H2,1-4H3,(H,30,32). The molecule has 4 aromatic carbocycles. The molecule has 0 bridgehead atoms. The number of sulfone groups is 1. The van der Waals surface area contributed by atoms with E-state index in [1.165, 1.54) is 6.26 Å². The SMILES string of the molecule is CCOc1ccc2ccccc2c1C(=O)NC(c1ccc(S(C)(=O)=O)cc1)c1cccc(N(C)C)c1. The molecule has 0 radical (unpaired) electrons. The Kier molecular flexibility index (Phi) is 7.31. The van der Waals surface area contributed by atoms with Gasteiger partial charge in [-0.15, -0.1) is 0 Å². The van der Waals surface area contributed by atoms with Gasteiger partial charge in [0.25, 0.3) is 5.91 Å². The first-order valence-electron chi connectivity index (χ1n) is 11.7. The van der Waals surface area contributed by atoms with Crippen molar-refractivity contribution in [3.05, 3.63) is 102 Å². The van der Waals surface area contributed by atoms with Crippen molar-refractivity contribution in [2.45, 2.75) is 17.9 Å². The average molecular weight is 503 g/mol. The second kappa shape index (κ2) is 10.4. The van der Waals surface area contributed by atoms with E-state index >= 15 is 0 Å². The maximum atomic E-state index is 13.9. The summed E-state index contributed by atoms with van der Waals surface area (Å²) in [6.45, 7) is 2.32. The van der Waals surface area contributed by atoms with Crippen molar-refractivity contribution in [2.75, 3.05) is 31.9 Å². The molecule has 4 aromatic rings. The molecule has 1 amide bonds. The summed E-state index contributed by atoms with van der Waals surface area (Å²) >= 11 is 0. The van der Waals surface area contributed by atoms with Gasteiger partial charge in [0.05, 0.1) is 23.1 Å². The van der Waals surface area contributed by atoms with Gasteiger partial charge in [0, 0.05) is 26.0 Å². The monoisotopic (exact) mass is 502 g/mol. The molecule has 1 unspecified atom stereocenters. The number of nitrogens with zero attached hydrogens (tertiary/aromatic N) is 1. The first-order chi connectivity index (χ1) is 17.2. The number of benzene rings is 4. The summed E-state index contributed by atoms with van der Waals surface area (Å²) in [7, 11) is 0.572. The van der Waals surface area contributed by atoms with Crippen LogP contribution in [0.3, 0.4) is 0 Å². The van der Waals surface area contributed by atoms with Gasteiger partial charge in [-0.1, -0.05) is 54.6 Å². The molecule has 7 heteroatoms. The van der Waals surface area contributed by atoms with E-state index in [9.17, 15) is 13.2 Å². The number of hydrogen-bond acceptors (Lipinski definition) is 5. The van der Waals surface area contributed by atoms with E-state index in [1.807, 2.05) is 86.6 Å². The predicted octanol–water partition coefficient (Wildman–Crippen LogP) is 5.23. The number of hydrogen-bond donors (Lipinski definition) is 1. The fourth-order valence-electron chi connectivity index (χ4n) is 4.21. The van der Waals surface area contributed by atoms with E-state index in [0.29, 0.717) is 17.9 Å². The van der Waals surface area contributed by atoms with Crippen LogP contribution in [-0.4, -0.2) is 41.3 Å². The van der Waals surface area contributed by atoms with Crippen LogP contribution in [0.25, 0.3) is 10.8 Å². The van der Waals surface area contributed by atoms with E-state index in [0.717, 1.165) is 27.6 Å². The third kappa shape index (κ3) is 5.36. The summed E-state index contributed by atoms with van der Waals surface area (Å²) in [4.78, 5) is 16.1. The first kappa shape index (κ1) is 25.3. The number of anilines is 1. The molecular formula is C29H30N2O4S. The minimum absolute atomic E-state index is 0.228. The van der Waals surface area contributed by atoms with Gasteiger partial charge in [0.2, 0.25) is 0 Å². The second-order valence-electron chi connectivity index (χ2n) is 8.83. The van der Waals surface area contributed by atoms with Crippen molar-refractivity contribution in [1.82, 2.24) is 5.32 Å². The van der Waals surface area contributed by atoms with Crippen LogP contribution in [0.4, 0.5) is 5.69 Å². The fourth-order valence-corrected chi connectivity index (χ4v) is 4.84. The van der Waals surface area contributed by atoms with Crippen molar-refractivity contribution in [1.29, 1.82) is 0 Å². The van der Waals surface area contributed by atoms with E-state index in [2.05, 4.69) is 5.32 Å². The lowest BCUT2D eigenvalue weighted by atomic mass is 9.96. The molecule has 186 valence electrons. The summed E-state index contributed by atoms with van der Waals surface area (Å²) < 4.78 is 29.8. The van der Waals surface area contributed by atoms with Crippen LogP contribution in [-0.2, 0) is 9.84 Å². The Morgan fingerprint density at radius 2 is 1.64 bits per heavy atom. The third-order valence-electron chi connectivity index (χ3n) is 6.05. The van der Waals surface area contributed by atoms with Crippen molar-refractivity contribution >= 4 is 32.2 Å². The molecule has 1 N–H and O–H groups in total. The molecule has 36 heavy (non-hydrogen) atoms. The molecular weight excluding hydrogens is 472 g/mol. The molecule has 0 spiro atoms. The number of rotatable bonds is 8. The van der Waals surface area contributed by atoms with Gasteiger partial charge in [0.1, 0.15) is 5.75 Å². The van der Waals surface area contributed by atoms with Crippen LogP contribution in [0, 0.1) is 0 Å². The Morgan fingerprint density at radius 1 is 0.917 bits per heavy atom. The molecule has 0 aromatic heterocycles. The number of amides is 1. The predicted molar refractivity (Wildman–Crippen MR) is 145 cm³/mol. The highest BCUT2D eigenvalue weighted by Crippen LogP contribution is 2.31. The smallest absolute Gasteiger partial charge is 0.256 e. The van der Waals surface area contributed by atoms with Gasteiger partial charge in [-0.3, -0.25) is 4.79 Å². The van der Waals surface area contributed by atoms with Crippen molar-refractivity contribution in [3.8, 4) is 5.75 Å². The Bertz CT molecular complexity index is 1500. The molecule has 4 rings (SSSR count). The molecule has 0 saturated heterocycles. The Hall–Kier alpha value is -3.84. The van der Waals surface area contributed by atoms with Gasteiger partial charge in [-0.25, -0.2) is 8.42 Å². The second-order valence-corrected chi connectivity index (χ2v) is 10.8. The normalized spacial score (nSPS) is 12.2. The van der Waals surface area contributed by atoms with Gasteiger partial charge in [-0.2, -0.15) is 0 Å². The van der Waals surface area contributed by atoms with Crippen LogP contribution in [0.2, 0.25) is 0 Å². The number of ether oxygens (including phenoxy) is 1. The number of fused-ring (bicyclic) bond motifs is 1. The van der Waals surface area contributed by atoms with Crippen molar-refractivity contribution in [3.63, 3.8) is 0 Å². The van der Waals surface area contributed by atoms with E-state index < -0.39 is 15.9 Å². The third-order valence-corrected chi connectivity index (χ3v) is 7.18. The quantitative estimate of drug-likeness (QED) is 0.357. The minimum Gasteiger partial charge on any atom is -0.493 e. The lowest BCUT2D eigenvalue weighted by Crippen LogP contribution is -2.30. The van der Waals surface area contributed by atoms with Crippen LogP contribution in [0.1, 0.15) is 34.5 Å². The van der Waals surface area contributed by atoms with E-state index in [1.54, 1.807) is 24.3 Å². The summed E-state index contributed by atoms with van der Waals surface area (Å²) in [5.41, 5.74) is 3.10. The lowest BCUT2D eigenvalue weighted by molar-refractivity contribution is 0.0941. The zero-order valence-corrected chi connectivity index (χ0v) is 21.7. The largest absolute Gasteiger partial charge is 0.493 e. The number of nitrogens with one attached hydrogen (secondary N) is 1. The molecule has 6 nitrogen and oxygen atoms in total. The molecule has 0 saturated carbocycles. The minimum atomic E-state index is -3.34.